The summed E-state index contributed by atoms with van der Waals surface area (Å²) in [5, 5.41) is 12.2. The summed E-state index contributed by atoms with van der Waals surface area (Å²) >= 11 is 0. The first-order chi connectivity index (χ1) is 14.8. The van der Waals surface area contributed by atoms with Gasteiger partial charge < -0.3 is 5.32 Å². The summed E-state index contributed by atoms with van der Waals surface area (Å²) in [4.78, 5) is 25.9. The number of rotatable bonds is 5. The molecule has 0 unspecified atom stereocenters. The van der Waals surface area contributed by atoms with Crippen LogP contribution in [0.3, 0.4) is 0 Å². The monoisotopic (exact) mass is 419 g/mol. The van der Waals surface area contributed by atoms with Gasteiger partial charge in [-0.3, -0.25) is 9.59 Å². The third kappa shape index (κ3) is 4.09. The highest BCUT2D eigenvalue weighted by atomic mass is 19.1. The molecule has 0 aliphatic heterocycles. The average Bonchev–Trinajstić information content (AvgIpc) is 3.16. The number of benzene rings is 2. The highest BCUT2D eigenvalue weighted by Gasteiger charge is 2.20. The van der Waals surface area contributed by atoms with Gasteiger partial charge >= 0.3 is 0 Å². The Morgan fingerprint density at radius 3 is 2.58 bits per heavy atom. The van der Waals surface area contributed by atoms with Crippen molar-refractivity contribution < 1.29 is 9.18 Å². The number of fused-ring (bicyclic) bond motifs is 1. The molecular weight excluding hydrogens is 397 g/mol. The average molecular weight is 419 g/mol. The third-order valence-electron chi connectivity index (χ3n) is 4.92. The van der Waals surface area contributed by atoms with Gasteiger partial charge in [0.15, 0.2) is 0 Å². The Morgan fingerprint density at radius 1 is 1.16 bits per heavy atom. The number of amides is 1. The first-order valence-corrected chi connectivity index (χ1v) is 9.94. The van der Waals surface area contributed by atoms with Gasteiger partial charge in [0.2, 0.25) is 5.91 Å². The zero-order valence-corrected chi connectivity index (χ0v) is 17.5. The summed E-state index contributed by atoms with van der Waals surface area (Å²) in [5.41, 5.74) is 2.73. The van der Waals surface area contributed by atoms with E-state index >= 15 is 0 Å². The molecular formula is C23H22FN5O2. The zero-order chi connectivity index (χ0) is 22.1. The molecule has 8 heteroatoms. The van der Waals surface area contributed by atoms with E-state index in [-0.39, 0.29) is 24.2 Å². The van der Waals surface area contributed by atoms with Gasteiger partial charge in [0.1, 0.15) is 17.9 Å². The number of carbonyl (C=O) groups excluding carboxylic acids is 1. The van der Waals surface area contributed by atoms with Gasteiger partial charge in [-0.15, -0.1) is 0 Å². The van der Waals surface area contributed by atoms with Crippen molar-refractivity contribution in [1.82, 2.24) is 19.6 Å². The molecule has 1 N–H and O–H groups in total. The molecule has 0 spiro atoms. The molecule has 0 aliphatic rings. The SMILES string of the molecule is Cc1cccc(NC(=O)Cn2nc(C(C)C)c3cnn(-c4ccc(F)cc4)c3c2=O)c1. The van der Waals surface area contributed by atoms with Crippen LogP contribution in [0.2, 0.25) is 0 Å². The van der Waals surface area contributed by atoms with Crippen molar-refractivity contribution in [2.45, 2.75) is 33.2 Å². The predicted molar refractivity (Wildman–Crippen MR) is 117 cm³/mol. The highest BCUT2D eigenvalue weighted by molar-refractivity contribution is 5.91. The van der Waals surface area contributed by atoms with Crippen LogP contribution in [0.1, 0.15) is 31.0 Å². The Bertz CT molecular complexity index is 1320. The van der Waals surface area contributed by atoms with Gasteiger partial charge in [-0.1, -0.05) is 26.0 Å². The zero-order valence-electron chi connectivity index (χ0n) is 17.5. The fourth-order valence-electron chi connectivity index (χ4n) is 3.46. The minimum Gasteiger partial charge on any atom is -0.324 e. The quantitative estimate of drug-likeness (QED) is 0.534. The molecule has 0 radical (unpaired) electrons. The van der Waals surface area contributed by atoms with Crippen LogP contribution in [0.5, 0.6) is 0 Å². The van der Waals surface area contributed by atoms with E-state index in [1.165, 1.54) is 16.8 Å². The maximum atomic E-state index is 13.4. The first kappa shape index (κ1) is 20.5. The smallest absolute Gasteiger partial charge is 0.293 e. The molecule has 2 aromatic heterocycles. The Kier molecular flexibility index (Phi) is 5.37. The van der Waals surface area contributed by atoms with E-state index in [1.54, 1.807) is 24.4 Å². The molecule has 4 rings (SSSR count). The minimum atomic E-state index is -0.444. The molecule has 0 fully saturated rings. The molecule has 4 aromatic rings. The largest absolute Gasteiger partial charge is 0.324 e. The molecule has 7 nitrogen and oxygen atoms in total. The van der Waals surface area contributed by atoms with Crippen LogP contribution in [0.4, 0.5) is 10.1 Å². The number of carbonyl (C=O) groups is 1. The van der Waals surface area contributed by atoms with Crippen molar-refractivity contribution in [2.75, 3.05) is 5.32 Å². The number of nitrogens with one attached hydrogen (secondary N) is 1. The van der Waals surface area contributed by atoms with E-state index in [0.29, 0.717) is 28.0 Å². The predicted octanol–water partition coefficient (Wildman–Crippen LogP) is 3.79. The number of hydrogen-bond donors (Lipinski definition) is 1. The Morgan fingerprint density at radius 2 is 1.90 bits per heavy atom. The van der Waals surface area contributed by atoms with Gasteiger partial charge in [-0.05, 0) is 54.8 Å². The normalized spacial score (nSPS) is 11.3. The van der Waals surface area contributed by atoms with Crippen LogP contribution in [-0.2, 0) is 11.3 Å². The molecule has 0 aliphatic carbocycles. The first-order valence-electron chi connectivity index (χ1n) is 9.94. The van der Waals surface area contributed by atoms with Gasteiger partial charge in [-0.2, -0.15) is 10.2 Å². The van der Waals surface area contributed by atoms with Crippen molar-refractivity contribution in [3.63, 3.8) is 0 Å². The summed E-state index contributed by atoms with van der Waals surface area (Å²) < 4.78 is 16.0. The number of halogens is 1. The standard InChI is InChI=1S/C23H22FN5O2/c1-14(2)21-19-12-25-29(18-9-7-16(24)8-10-18)22(19)23(31)28(27-21)13-20(30)26-17-6-4-5-15(3)11-17/h4-12,14H,13H2,1-3H3,(H,26,30). The van der Waals surface area contributed by atoms with E-state index in [2.05, 4.69) is 15.5 Å². The van der Waals surface area contributed by atoms with Crippen molar-refractivity contribution in [1.29, 1.82) is 0 Å². The van der Waals surface area contributed by atoms with Crippen LogP contribution in [0.15, 0.2) is 59.5 Å². The van der Waals surface area contributed by atoms with Crippen LogP contribution in [0, 0.1) is 12.7 Å². The van der Waals surface area contributed by atoms with E-state index in [4.69, 9.17) is 0 Å². The van der Waals surface area contributed by atoms with Crippen molar-refractivity contribution in [2.24, 2.45) is 0 Å². The third-order valence-corrected chi connectivity index (χ3v) is 4.92. The summed E-state index contributed by atoms with van der Waals surface area (Å²) in [6, 6.07) is 13.1. The molecule has 2 aromatic carbocycles. The molecule has 0 bridgehead atoms. The fraction of sp³-hybridized carbons (Fsp3) is 0.217. The summed E-state index contributed by atoms with van der Waals surface area (Å²) in [7, 11) is 0. The van der Waals surface area contributed by atoms with Gasteiger partial charge in [-0.25, -0.2) is 13.8 Å². The second kappa shape index (κ2) is 8.14. The minimum absolute atomic E-state index is 0.0000481. The Hall–Kier alpha value is -3.81. The van der Waals surface area contributed by atoms with Crippen LogP contribution >= 0.6 is 0 Å². The number of nitrogens with zero attached hydrogens (tertiary/aromatic N) is 4. The number of aromatic nitrogens is 4. The van der Waals surface area contributed by atoms with E-state index in [0.717, 1.165) is 10.2 Å². The molecule has 0 atom stereocenters. The van der Waals surface area contributed by atoms with Crippen LogP contribution in [0.25, 0.3) is 16.6 Å². The number of hydrogen-bond acceptors (Lipinski definition) is 4. The second-order valence-electron chi connectivity index (χ2n) is 7.72. The lowest BCUT2D eigenvalue weighted by Crippen LogP contribution is -2.31. The van der Waals surface area contributed by atoms with E-state index < -0.39 is 5.56 Å². The lowest BCUT2D eigenvalue weighted by atomic mass is 10.1. The molecule has 31 heavy (non-hydrogen) atoms. The second-order valence-corrected chi connectivity index (χ2v) is 7.72. The van der Waals surface area contributed by atoms with Gasteiger partial charge in [0.25, 0.3) is 5.56 Å². The van der Waals surface area contributed by atoms with Crippen molar-refractivity contribution >= 4 is 22.5 Å². The van der Waals surface area contributed by atoms with Gasteiger partial charge in [0, 0.05) is 11.1 Å². The summed E-state index contributed by atoms with van der Waals surface area (Å²) in [6.45, 7) is 5.61. The Balaban J connectivity index is 1.77. The molecule has 0 saturated heterocycles. The van der Waals surface area contributed by atoms with E-state index in [9.17, 15) is 14.0 Å². The molecule has 0 saturated carbocycles. The fourth-order valence-corrected chi connectivity index (χ4v) is 3.46. The van der Waals surface area contributed by atoms with Crippen molar-refractivity contribution in [3.8, 4) is 5.69 Å². The maximum absolute atomic E-state index is 13.4. The molecule has 1 amide bonds. The van der Waals surface area contributed by atoms with E-state index in [1.807, 2.05) is 39.0 Å². The number of aryl methyl sites for hydroxylation is 1. The van der Waals surface area contributed by atoms with Crippen molar-refractivity contribution in [3.05, 3.63) is 82.2 Å². The summed E-state index contributed by atoms with van der Waals surface area (Å²) in [6.07, 6.45) is 1.58. The van der Waals surface area contributed by atoms with Gasteiger partial charge in [0.05, 0.1) is 17.6 Å². The van der Waals surface area contributed by atoms with Crippen LogP contribution in [-0.4, -0.2) is 25.5 Å². The molecule has 158 valence electrons. The Labute approximate surface area is 178 Å². The lowest BCUT2D eigenvalue weighted by Gasteiger charge is -2.12. The van der Waals surface area contributed by atoms with Crippen LogP contribution < -0.4 is 10.9 Å². The highest BCUT2D eigenvalue weighted by Crippen LogP contribution is 2.23. The topological polar surface area (TPSA) is 81.8 Å². The lowest BCUT2D eigenvalue weighted by molar-refractivity contribution is -0.117. The number of anilines is 1. The molecule has 2 heterocycles. The maximum Gasteiger partial charge on any atom is 0.293 e. The summed E-state index contributed by atoms with van der Waals surface area (Å²) in [5.74, 6) is -0.739.